The van der Waals surface area contributed by atoms with Crippen LogP contribution in [0.1, 0.15) is 23.4 Å². The molecule has 1 aliphatic heterocycles. The molecule has 3 aromatic rings. The van der Waals surface area contributed by atoms with Crippen molar-refractivity contribution in [3.63, 3.8) is 0 Å². The van der Waals surface area contributed by atoms with E-state index in [9.17, 15) is 0 Å². The molecule has 0 spiro atoms. The average molecular weight is 374 g/mol. The van der Waals surface area contributed by atoms with Gasteiger partial charge in [-0.3, -0.25) is 4.68 Å². The lowest BCUT2D eigenvalue weighted by Crippen LogP contribution is -2.35. The summed E-state index contributed by atoms with van der Waals surface area (Å²) in [5, 5.41) is 15.9. The van der Waals surface area contributed by atoms with E-state index in [0.29, 0.717) is 5.92 Å². The predicted molar refractivity (Wildman–Crippen MR) is 101 cm³/mol. The molecule has 4 rings (SSSR count). The highest BCUT2D eigenvalue weighted by atomic mass is 35.5. The Morgan fingerprint density at radius 1 is 1.12 bits per heavy atom. The zero-order valence-electron chi connectivity index (χ0n) is 13.9. The molecular formula is C18H20ClN5S. The third kappa shape index (κ3) is 4.19. The van der Waals surface area contributed by atoms with Gasteiger partial charge < -0.3 is 4.90 Å². The van der Waals surface area contributed by atoms with E-state index in [0.717, 1.165) is 41.2 Å². The summed E-state index contributed by atoms with van der Waals surface area (Å²) in [6.45, 7) is 3.10. The number of halogens is 1. The second kappa shape index (κ2) is 7.54. The molecule has 7 heteroatoms. The summed E-state index contributed by atoms with van der Waals surface area (Å²) in [6, 6.07) is 9.92. The zero-order chi connectivity index (χ0) is 17.1. The lowest BCUT2D eigenvalue weighted by Gasteiger charge is -2.31. The van der Waals surface area contributed by atoms with Gasteiger partial charge in [0.2, 0.25) is 5.13 Å². The highest BCUT2D eigenvalue weighted by Gasteiger charge is 2.22. The Morgan fingerprint density at radius 3 is 2.64 bits per heavy atom. The van der Waals surface area contributed by atoms with Crippen molar-refractivity contribution in [2.24, 2.45) is 5.92 Å². The molecule has 0 amide bonds. The Morgan fingerprint density at radius 2 is 1.92 bits per heavy atom. The standard InChI is InChI=1S/C18H20ClN5S/c19-16-4-2-14(3-5-16)12-17-21-22-18(25-17)23-10-6-15(7-11-23)13-24-9-1-8-20-24/h1-5,8-9,15H,6-7,10-13H2. The summed E-state index contributed by atoms with van der Waals surface area (Å²) in [5.74, 6) is 0.692. The van der Waals surface area contributed by atoms with Crippen LogP contribution in [0.2, 0.25) is 5.02 Å². The van der Waals surface area contributed by atoms with E-state index in [1.165, 1.54) is 18.4 Å². The van der Waals surface area contributed by atoms with Crippen molar-refractivity contribution < 1.29 is 0 Å². The maximum atomic E-state index is 5.94. The third-order valence-corrected chi connectivity index (χ3v) is 5.85. The van der Waals surface area contributed by atoms with Crippen LogP contribution in [0.5, 0.6) is 0 Å². The Balaban J connectivity index is 1.32. The van der Waals surface area contributed by atoms with Crippen LogP contribution in [0.3, 0.4) is 0 Å². The van der Waals surface area contributed by atoms with Crippen LogP contribution in [0, 0.1) is 5.92 Å². The van der Waals surface area contributed by atoms with E-state index < -0.39 is 0 Å². The SMILES string of the molecule is Clc1ccc(Cc2nnc(N3CCC(Cn4cccn4)CC3)s2)cc1. The Bertz CT molecular complexity index is 791. The maximum absolute atomic E-state index is 5.94. The molecule has 1 fully saturated rings. The van der Waals surface area contributed by atoms with Crippen molar-refractivity contribution in [3.05, 3.63) is 58.3 Å². The van der Waals surface area contributed by atoms with Gasteiger partial charge in [0.05, 0.1) is 0 Å². The highest BCUT2D eigenvalue weighted by Crippen LogP contribution is 2.27. The Labute approximate surface area is 156 Å². The second-order valence-corrected chi connectivity index (χ2v) is 7.92. The number of nitrogens with zero attached hydrogens (tertiary/aromatic N) is 5. The number of rotatable bonds is 5. The molecule has 25 heavy (non-hydrogen) atoms. The van der Waals surface area contributed by atoms with E-state index in [1.807, 2.05) is 47.4 Å². The summed E-state index contributed by atoms with van der Waals surface area (Å²) in [6.07, 6.45) is 7.04. The first kappa shape index (κ1) is 16.5. The van der Waals surface area contributed by atoms with E-state index >= 15 is 0 Å². The van der Waals surface area contributed by atoms with Crippen LogP contribution in [0.25, 0.3) is 0 Å². The van der Waals surface area contributed by atoms with Gasteiger partial charge in [-0.1, -0.05) is 35.1 Å². The molecule has 1 aliphatic rings. The fourth-order valence-electron chi connectivity index (χ4n) is 3.20. The molecule has 0 N–H and O–H groups in total. The summed E-state index contributed by atoms with van der Waals surface area (Å²) < 4.78 is 2.04. The first-order valence-electron chi connectivity index (χ1n) is 8.55. The second-order valence-electron chi connectivity index (χ2n) is 6.44. The van der Waals surface area contributed by atoms with Crippen LogP contribution in [0.15, 0.2) is 42.7 Å². The minimum atomic E-state index is 0.692. The molecule has 130 valence electrons. The van der Waals surface area contributed by atoms with Crippen LogP contribution in [-0.4, -0.2) is 33.1 Å². The summed E-state index contributed by atoms with van der Waals surface area (Å²) >= 11 is 7.64. The van der Waals surface area contributed by atoms with Crippen molar-refractivity contribution in [1.29, 1.82) is 0 Å². The number of aromatic nitrogens is 4. The van der Waals surface area contributed by atoms with Crippen molar-refractivity contribution >= 4 is 28.1 Å². The number of benzene rings is 1. The summed E-state index contributed by atoms with van der Waals surface area (Å²) in [5.41, 5.74) is 1.21. The van der Waals surface area contributed by atoms with Crippen molar-refractivity contribution in [2.45, 2.75) is 25.8 Å². The smallest absolute Gasteiger partial charge is 0.208 e. The van der Waals surface area contributed by atoms with E-state index in [1.54, 1.807) is 11.3 Å². The third-order valence-electron chi connectivity index (χ3n) is 4.61. The van der Waals surface area contributed by atoms with Gasteiger partial charge in [0.1, 0.15) is 5.01 Å². The van der Waals surface area contributed by atoms with Gasteiger partial charge in [-0.25, -0.2) is 0 Å². The summed E-state index contributed by atoms with van der Waals surface area (Å²) in [4.78, 5) is 2.36. The molecule has 0 bridgehead atoms. The van der Waals surface area contributed by atoms with Crippen molar-refractivity contribution in [1.82, 2.24) is 20.0 Å². The van der Waals surface area contributed by atoms with Crippen LogP contribution in [0.4, 0.5) is 5.13 Å². The topological polar surface area (TPSA) is 46.8 Å². The predicted octanol–water partition coefficient (Wildman–Crippen LogP) is 3.90. The molecule has 1 aromatic carbocycles. The first-order valence-corrected chi connectivity index (χ1v) is 9.75. The lowest BCUT2D eigenvalue weighted by atomic mass is 9.97. The van der Waals surface area contributed by atoms with Gasteiger partial charge in [-0.05, 0) is 42.5 Å². The van der Waals surface area contributed by atoms with Crippen molar-refractivity contribution in [3.8, 4) is 0 Å². The minimum Gasteiger partial charge on any atom is -0.347 e. The monoisotopic (exact) mass is 373 g/mol. The molecule has 3 heterocycles. The Kier molecular flexibility index (Phi) is 4.99. The van der Waals surface area contributed by atoms with Crippen LogP contribution in [-0.2, 0) is 13.0 Å². The molecule has 0 aliphatic carbocycles. The molecular weight excluding hydrogens is 354 g/mol. The number of anilines is 1. The molecule has 1 saturated heterocycles. The average Bonchev–Trinajstić information content (AvgIpc) is 3.30. The normalized spacial score (nSPS) is 15.6. The molecule has 5 nitrogen and oxygen atoms in total. The highest BCUT2D eigenvalue weighted by molar-refractivity contribution is 7.15. The molecule has 2 aromatic heterocycles. The van der Waals surface area contributed by atoms with Crippen LogP contribution >= 0.6 is 22.9 Å². The molecule has 0 atom stereocenters. The molecule has 0 saturated carbocycles. The Hall–Kier alpha value is -1.92. The van der Waals surface area contributed by atoms with Crippen LogP contribution < -0.4 is 4.90 Å². The number of piperidine rings is 1. The van der Waals surface area contributed by atoms with E-state index in [2.05, 4.69) is 20.2 Å². The largest absolute Gasteiger partial charge is 0.347 e. The first-order chi connectivity index (χ1) is 12.3. The quantitative estimate of drug-likeness (QED) is 0.680. The van der Waals surface area contributed by atoms with Gasteiger partial charge in [-0.15, -0.1) is 10.2 Å². The van der Waals surface area contributed by atoms with Gasteiger partial charge in [0, 0.05) is 43.5 Å². The molecule has 0 radical (unpaired) electrons. The number of hydrogen-bond donors (Lipinski definition) is 0. The summed E-state index contributed by atoms with van der Waals surface area (Å²) in [7, 11) is 0. The van der Waals surface area contributed by atoms with Crippen molar-refractivity contribution in [2.75, 3.05) is 18.0 Å². The lowest BCUT2D eigenvalue weighted by molar-refractivity contribution is 0.342. The minimum absolute atomic E-state index is 0.692. The van der Waals surface area contributed by atoms with E-state index in [4.69, 9.17) is 11.6 Å². The van der Waals surface area contributed by atoms with E-state index in [-0.39, 0.29) is 0 Å². The van der Waals surface area contributed by atoms with Gasteiger partial charge in [0.15, 0.2) is 0 Å². The van der Waals surface area contributed by atoms with Gasteiger partial charge in [0.25, 0.3) is 0 Å². The van der Waals surface area contributed by atoms with Gasteiger partial charge in [-0.2, -0.15) is 5.10 Å². The molecule has 0 unspecified atom stereocenters. The zero-order valence-corrected chi connectivity index (χ0v) is 15.5. The number of hydrogen-bond acceptors (Lipinski definition) is 5. The fraction of sp³-hybridized carbons (Fsp3) is 0.389. The van der Waals surface area contributed by atoms with Gasteiger partial charge >= 0.3 is 0 Å². The fourth-order valence-corrected chi connectivity index (χ4v) is 4.25. The maximum Gasteiger partial charge on any atom is 0.208 e.